The Morgan fingerprint density at radius 1 is 1.40 bits per heavy atom. The standard InChI is InChI=1S/C11H14N2O2/c1-7(8-5-3-2-4-6-8)15-11-9(12)10(14)13-11/h2-7,9,11H,12H2,1H3,(H,13,14)/t7?,9-,11?/m1/s1. The van der Waals surface area contributed by atoms with Crippen molar-refractivity contribution < 1.29 is 9.53 Å². The van der Waals surface area contributed by atoms with Crippen LogP contribution in [0.1, 0.15) is 18.6 Å². The van der Waals surface area contributed by atoms with E-state index in [0.29, 0.717) is 0 Å². The molecule has 2 unspecified atom stereocenters. The van der Waals surface area contributed by atoms with E-state index in [2.05, 4.69) is 5.32 Å². The van der Waals surface area contributed by atoms with Gasteiger partial charge in [-0.25, -0.2) is 0 Å². The summed E-state index contributed by atoms with van der Waals surface area (Å²) in [5.41, 5.74) is 6.63. The van der Waals surface area contributed by atoms with E-state index in [1.807, 2.05) is 37.3 Å². The first-order valence-electron chi connectivity index (χ1n) is 4.95. The van der Waals surface area contributed by atoms with E-state index < -0.39 is 6.04 Å². The second-order valence-corrected chi connectivity index (χ2v) is 3.64. The third-order valence-corrected chi connectivity index (χ3v) is 2.53. The number of nitrogens with one attached hydrogen (secondary N) is 1. The van der Waals surface area contributed by atoms with E-state index in [9.17, 15) is 4.79 Å². The van der Waals surface area contributed by atoms with E-state index in [1.54, 1.807) is 0 Å². The molecule has 4 heteroatoms. The summed E-state index contributed by atoms with van der Waals surface area (Å²) in [4.78, 5) is 10.8. The summed E-state index contributed by atoms with van der Waals surface area (Å²) in [5.74, 6) is -0.153. The van der Waals surface area contributed by atoms with Crippen LogP contribution in [0.5, 0.6) is 0 Å². The highest BCUT2D eigenvalue weighted by atomic mass is 16.5. The highest BCUT2D eigenvalue weighted by Crippen LogP contribution is 2.20. The van der Waals surface area contributed by atoms with Gasteiger partial charge in [0.1, 0.15) is 6.04 Å². The molecule has 1 aromatic carbocycles. The molecule has 1 aliphatic rings. The van der Waals surface area contributed by atoms with E-state index >= 15 is 0 Å². The Balaban J connectivity index is 1.93. The van der Waals surface area contributed by atoms with Crippen LogP contribution >= 0.6 is 0 Å². The largest absolute Gasteiger partial charge is 0.349 e. The molecule has 1 amide bonds. The van der Waals surface area contributed by atoms with Crippen molar-refractivity contribution in [2.75, 3.05) is 0 Å². The van der Waals surface area contributed by atoms with Crippen LogP contribution in [0, 0.1) is 0 Å². The molecule has 4 nitrogen and oxygen atoms in total. The van der Waals surface area contributed by atoms with Crippen molar-refractivity contribution in [3.63, 3.8) is 0 Å². The monoisotopic (exact) mass is 206 g/mol. The zero-order valence-corrected chi connectivity index (χ0v) is 8.51. The van der Waals surface area contributed by atoms with Crippen LogP contribution in [0.3, 0.4) is 0 Å². The molecule has 1 aromatic rings. The average molecular weight is 206 g/mol. The van der Waals surface area contributed by atoms with Crippen LogP contribution in [0.2, 0.25) is 0 Å². The number of rotatable bonds is 3. The maximum Gasteiger partial charge on any atom is 0.243 e. The first-order chi connectivity index (χ1) is 7.18. The first-order valence-corrected chi connectivity index (χ1v) is 4.95. The van der Waals surface area contributed by atoms with Crippen LogP contribution in [-0.2, 0) is 9.53 Å². The molecular formula is C11H14N2O2. The van der Waals surface area contributed by atoms with Crippen LogP contribution < -0.4 is 11.1 Å². The lowest BCUT2D eigenvalue weighted by Gasteiger charge is -2.35. The van der Waals surface area contributed by atoms with Crippen LogP contribution in [0.25, 0.3) is 0 Å². The number of β-lactam (4-membered cyclic amide) rings is 1. The molecule has 80 valence electrons. The predicted octanol–water partition coefficient (Wildman–Crippen LogP) is 0.547. The molecule has 0 aromatic heterocycles. The summed E-state index contributed by atoms with van der Waals surface area (Å²) in [6.45, 7) is 1.94. The molecule has 1 fully saturated rings. The van der Waals surface area contributed by atoms with Crippen LogP contribution in [0.15, 0.2) is 30.3 Å². The number of ether oxygens (including phenoxy) is 1. The fourth-order valence-electron chi connectivity index (χ4n) is 1.51. The third-order valence-electron chi connectivity index (χ3n) is 2.53. The lowest BCUT2D eigenvalue weighted by molar-refractivity contribution is -0.149. The van der Waals surface area contributed by atoms with Crippen molar-refractivity contribution in [3.8, 4) is 0 Å². The Kier molecular flexibility index (Phi) is 2.70. The molecule has 3 atom stereocenters. The third kappa shape index (κ3) is 2.00. The number of carbonyl (C=O) groups is 1. The minimum atomic E-state index is -0.531. The summed E-state index contributed by atoms with van der Waals surface area (Å²) in [7, 11) is 0. The van der Waals surface area contributed by atoms with Gasteiger partial charge in [-0.2, -0.15) is 0 Å². The smallest absolute Gasteiger partial charge is 0.243 e. The maximum absolute atomic E-state index is 10.8. The van der Waals surface area contributed by atoms with Crippen LogP contribution in [0.4, 0.5) is 0 Å². The number of hydrogen-bond acceptors (Lipinski definition) is 3. The molecular weight excluding hydrogens is 192 g/mol. The number of benzene rings is 1. The lowest BCUT2D eigenvalue weighted by Crippen LogP contribution is -2.67. The lowest BCUT2D eigenvalue weighted by atomic mass is 10.1. The maximum atomic E-state index is 10.8. The van der Waals surface area contributed by atoms with E-state index in [-0.39, 0.29) is 18.2 Å². The molecule has 2 rings (SSSR count). The van der Waals surface area contributed by atoms with Crippen LogP contribution in [-0.4, -0.2) is 18.2 Å². The molecule has 1 heterocycles. The molecule has 1 saturated heterocycles. The van der Waals surface area contributed by atoms with Gasteiger partial charge in [0.25, 0.3) is 0 Å². The van der Waals surface area contributed by atoms with Crippen molar-refractivity contribution in [1.29, 1.82) is 0 Å². The van der Waals surface area contributed by atoms with Crippen molar-refractivity contribution in [2.24, 2.45) is 5.73 Å². The van der Waals surface area contributed by atoms with Crippen molar-refractivity contribution in [3.05, 3.63) is 35.9 Å². The Morgan fingerprint density at radius 3 is 2.60 bits per heavy atom. The summed E-state index contributed by atoms with van der Waals surface area (Å²) >= 11 is 0. The first kappa shape index (κ1) is 10.1. The Bertz CT molecular complexity index is 353. The summed E-state index contributed by atoms with van der Waals surface area (Å²) in [5, 5.41) is 2.61. The van der Waals surface area contributed by atoms with Gasteiger partial charge in [0.2, 0.25) is 5.91 Å². The SMILES string of the molecule is CC(OC1NC(=O)[C@H]1N)c1ccccc1. The fraction of sp³-hybridized carbons (Fsp3) is 0.364. The fourth-order valence-corrected chi connectivity index (χ4v) is 1.51. The molecule has 0 aliphatic carbocycles. The number of hydrogen-bond donors (Lipinski definition) is 2. The van der Waals surface area contributed by atoms with Gasteiger partial charge < -0.3 is 15.8 Å². The highest BCUT2D eigenvalue weighted by Gasteiger charge is 2.37. The van der Waals surface area contributed by atoms with Gasteiger partial charge in [0.15, 0.2) is 6.23 Å². The minimum Gasteiger partial charge on any atom is -0.349 e. The summed E-state index contributed by atoms with van der Waals surface area (Å²) in [6.07, 6.45) is -0.421. The molecule has 3 N–H and O–H groups in total. The molecule has 0 bridgehead atoms. The number of nitrogens with two attached hydrogens (primary N) is 1. The normalized spacial score (nSPS) is 26.7. The van der Waals surface area contributed by atoms with Gasteiger partial charge in [-0.05, 0) is 12.5 Å². The quantitative estimate of drug-likeness (QED) is 0.710. The van der Waals surface area contributed by atoms with Gasteiger partial charge in [-0.3, -0.25) is 4.79 Å². The summed E-state index contributed by atoms with van der Waals surface area (Å²) in [6, 6.07) is 9.29. The molecule has 15 heavy (non-hydrogen) atoms. The predicted molar refractivity (Wildman–Crippen MR) is 55.8 cm³/mol. The van der Waals surface area contributed by atoms with Crippen molar-refractivity contribution in [2.45, 2.75) is 25.3 Å². The summed E-state index contributed by atoms with van der Waals surface area (Å²) < 4.78 is 5.60. The zero-order chi connectivity index (χ0) is 10.8. The molecule has 0 saturated carbocycles. The molecule has 0 radical (unpaired) electrons. The van der Waals surface area contributed by atoms with Gasteiger partial charge in [-0.1, -0.05) is 30.3 Å². The minimum absolute atomic E-state index is 0.0668. The van der Waals surface area contributed by atoms with Gasteiger partial charge >= 0.3 is 0 Å². The second-order valence-electron chi connectivity index (χ2n) is 3.64. The van der Waals surface area contributed by atoms with Crippen molar-refractivity contribution >= 4 is 5.91 Å². The topological polar surface area (TPSA) is 64.3 Å². The average Bonchev–Trinajstić information content (AvgIpc) is 2.29. The van der Waals surface area contributed by atoms with Gasteiger partial charge in [0, 0.05) is 0 Å². The van der Waals surface area contributed by atoms with E-state index in [1.165, 1.54) is 0 Å². The second kappa shape index (κ2) is 4.00. The number of carbonyl (C=O) groups excluding carboxylic acids is 1. The Labute approximate surface area is 88.4 Å². The Morgan fingerprint density at radius 2 is 2.07 bits per heavy atom. The van der Waals surface area contributed by atoms with Gasteiger partial charge in [-0.15, -0.1) is 0 Å². The van der Waals surface area contributed by atoms with E-state index in [4.69, 9.17) is 10.5 Å². The van der Waals surface area contributed by atoms with Gasteiger partial charge in [0.05, 0.1) is 6.10 Å². The highest BCUT2D eigenvalue weighted by molar-refractivity contribution is 5.88. The van der Waals surface area contributed by atoms with Crippen molar-refractivity contribution in [1.82, 2.24) is 5.32 Å². The Hall–Kier alpha value is -1.39. The van der Waals surface area contributed by atoms with E-state index in [0.717, 1.165) is 5.56 Å². The number of amides is 1. The molecule has 1 aliphatic heterocycles. The molecule has 0 spiro atoms. The zero-order valence-electron chi connectivity index (χ0n) is 8.51.